The van der Waals surface area contributed by atoms with Crippen molar-refractivity contribution >= 4 is 17.1 Å². The Labute approximate surface area is 173 Å². The van der Waals surface area contributed by atoms with E-state index < -0.39 is 11.6 Å². The van der Waals surface area contributed by atoms with Crippen molar-refractivity contribution in [3.63, 3.8) is 0 Å². The van der Waals surface area contributed by atoms with E-state index in [1.807, 2.05) is 45.0 Å². The van der Waals surface area contributed by atoms with E-state index in [-0.39, 0.29) is 5.75 Å². The number of esters is 1. The molecular weight excluding hydrogens is 360 g/mol. The van der Waals surface area contributed by atoms with Crippen molar-refractivity contribution in [1.29, 1.82) is 0 Å². The number of carbonyl (C=O) groups excluding carboxylic acids is 1. The molecule has 1 aliphatic rings. The molecule has 3 rings (SSSR count). The number of ether oxygens (including phenoxy) is 1. The van der Waals surface area contributed by atoms with Crippen LogP contribution in [0.5, 0.6) is 5.75 Å². The SMILES string of the molecule is C=C(C(=O)OC(C)(C)C)c1ccc(C(=C2CCCCC2)c2ccc(O)cc2)cc1. The van der Waals surface area contributed by atoms with Crippen molar-refractivity contribution < 1.29 is 14.6 Å². The molecular formula is C26H30O3. The third-order valence-electron chi connectivity index (χ3n) is 5.13. The lowest BCUT2D eigenvalue weighted by molar-refractivity contribution is -0.147. The molecule has 0 unspecified atom stereocenters. The Kier molecular flexibility index (Phi) is 6.26. The van der Waals surface area contributed by atoms with Crippen LogP contribution in [0.2, 0.25) is 0 Å². The van der Waals surface area contributed by atoms with Gasteiger partial charge < -0.3 is 9.84 Å². The van der Waals surface area contributed by atoms with E-state index in [0.29, 0.717) is 5.57 Å². The molecule has 1 aliphatic carbocycles. The lowest BCUT2D eigenvalue weighted by Crippen LogP contribution is -2.24. The summed E-state index contributed by atoms with van der Waals surface area (Å²) in [5.74, 6) is -0.125. The summed E-state index contributed by atoms with van der Waals surface area (Å²) in [6.45, 7) is 9.47. The number of rotatable bonds is 4. The Morgan fingerprint density at radius 3 is 1.86 bits per heavy atom. The third-order valence-corrected chi connectivity index (χ3v) is 5.13. The summed E-state index contributed by atoms with van der Waals surface area (Å²) in [4.78, 5) is 12.3. The first-order chi connectivity index (χ1) is 13.7. The molecule has 0 amide bonds. The van der Waals surface area contributed by atoms with Crippen molar-refractivity contribution in [2.24, 2.45) is 0 Å². The fourth-order valence-corrected chi connectivity index (χ4v) is 3.73. The van der Waals surface area contributed by atoms with Gasteiger partial charge in [0.1, 0.15) is 11.4 Å². The average Bonchev–Trinajstić information content (AvgIpc) is 2.69. The topological polar surface area (TPSA) is 46.5 Å². The van der Waals surface area contributed by atoms with Crippen molar-refractivity contribution in [2.75, 3.05) is 0 Å². The molecule has 2 aromatic carbocycles. The van der Waals surface area contributed by atoms with E-state index in [9.17, 15) is 9.90 Å². The summed E-state index contributed by atoms with van der Waals surface area (Å²) < 4.78 is 5.44. The molecule has 2 aromatic rings. The fourth-order valence-electron chi connectivity index (χ4n) is 3.73. The molecule has 1 N–H and O–H groups in total. The maximum atomic E-state index is 12.3. The molecule has 0 radical (unpaired) electrons. The molecule has 0 aromatic heterocycles. The minimum Gasteiger partial charge on any atom is -0.508 e. The van der Waals surface area contributed by atoms with E-state index in [1.54, 1.807) is 12.1 Å². The van der Waals surface area contributed by atoms with Gasteiger partial charge in [0.25, 0.3) is 0 Å². The lowest BCUT2D eigenvalue weighted by Gasteiger charge is -2.21. The molecule has 0 atom stereocenters. The van der Waals surface area contributed by atoms with Crippen molar-refractivity contribution in [2.45, 2.75) is 58.5 Å². The number of hydrogen-bond acceptors (Lipinski definition) is 3. The van der Waals surface area contributed by atoms with Crippen LogP contribution in [0, 0.1) is 0 Å². The normalized spacial score (nSPS) is 14.4. The van der Waals surface area contributed by atoms with E-state index in [0.717, 1.165) is 29.5 Å². The Morgan fingerprint density at radius 1 is 0.862 bits per heavy atom. The van der Waals surface area contributed by atoms with Crippen LogP contribution in [0.25, 0.3) is 11.1 Å². The molecule has 3 heteroatoms. The highest BCUT2D eigenvalue weighted by Crippen LogP contribution is 2.36. The number of carbonyl (C=O) groups is 1. The summed E-state index contributed by atoms with van der Waals surface area (Å²) in [6.07, 6.45) is 5.90. The predicted molar refractivity (Wildman–Crippen MR) is 119 cm³/mol. The zero-order valence-corrected chi connectivity index (χ0v) is 17.6. The van der Waals surface area contributed by atoms with Crippen LogP contribution in [-0.4, -0.2) is 16.7 Å². The second-order valence-electron chi connectivity index (χ2n) is 8.64. The molecule has 152 valence electrons. The summed E-state index contributed by atoms with van der Waals surface area (Å²) in [6, 6.07) is 15.4. The minimum absolute atomic E-state index is 0.269. The lowest BCUT2D eigenvalue weighted by atomic mass is 9.84. The molecule has 0 bridgehead atoms. The van der Waals surface area contributed by atoms with Gasteiger partial charge in [-0.15, -0.1) is 0 Å². The van der Waals surface area contributed by atoms with E-state index in [4.69, 9.17) is 4.74 Å². The van der Waals surface area contributed by atoms with Gasteiger partial charge in [0.2, 0.25) is 0 Å². The van der Waals surface area contributed by atoms with E-state index >= 15 is 0 Å². The number of allylic oxidation sites excluding steroid dienone is 1. The number of hydrogen-bond donors (Lipinski definition) is 1. The van der Waals surface area contributed by atoms with Gasteiger partial charge in [0, 0.05) is 0 Å². The molecule has 0 aliphatic heterocycles. The third kappa shape index (κ3) is 5.38. The Morgan fingerprint density at radius 2 is 1.34 bits per heavy atom. The highest BCUT2D eigenvalue weighted by Gasteiger charge is 2.20. The second-order valence-corrected chi connectivity index (χ2v) is 8.64. The summed E-state index contributed by atoms with van der Waals surface area (Å²) >= 11 is 0. The molecule has 0 saturated heterocycles. The summed E-state index contributed by atoms with van der Waals surface area (Å²) in [5, 5.41) is 9.68. The van der Waals surface area contributed by atoms with Gasteiger partial charge in [-0.25, -0.2) is 4.79 Å². The highest BCUT2D eigenvalue weighted by molar-refractivity contribution is 6.15. The summed E-state index contributed by atoms with van der Waals surface area (Å²) in [7, 11) is 0. The fraction of sp³-hybridized carbons (Fsp3) is 0.346. The molecule has 1 saturated carbocycles. The van der Waals surface area contributed by atoms with Crippen LogP contribution < -0.4 is 0 Å². The molecule has 1 fully saturated rings. The first kappa shape index (κ1) is 20.9. The van der Waals surface area contributed by atoms with Crippen LogP contribution in [0.1, 0.15) is 69.6 Å². The number of benzene rings is 2. The van der Waals surface area contributed by atoms with Gasteiger partial charge in [-0.2, -0.15) is 0 Å². The van der Waals surface area contributed by atoms with Crippen LogP contribution in [-0.2, 0) is 9.53 Å². The van der Waals surface area contributed by atoms with Crippen LogP contribution in [0.4, 0.5) is 0 Å². The van der Waals surface area contributed by atoms with Gasteiger partial charge in [0.05, 0.1) is 5.57 Å². The predicted octanol–water partition coefficient (Wildman–Crippen LogP) is 6.51. The maximum Gasteiger partial charge on any atom is 0.338 e. The first-order valence-corrected chi connectivity index (χ1v) is 10.3. The first-order valence-electron chi connectivity index (χ1n) is 10.3. The van der Waals surface area contributed by atoms with E-state index in [2.05, 4.69) is 18.7 Å². The van der Waals surface area contributed by atoms with Gasteiger partial charge in [0.15, 0.2) is 0 Å². The van der Waals surface area contributed by atoms with Crippen molar-refractivity contribution in [3.05, 3.63) is 77.4 Å². The monoisotopic (exact) mass is 390 g/mol. The number of phenols is 1. The Hall–Kier alpha value is -2.81. The smallest absolute Gasteiger partial charge is 0.338 e. The number of aromatic hydroxyl groups is 1. The van der Waals surface area contributed by atoms with Crippen LogP contribution in [0.3, 0.4) is 0 Å². The van der Waals surface area contributed by atoms with Gasteiger partial charge in [-0.1, -0.05) is 55.0 Å². The zero-order valence-electron chi connectivity index (χ0n) is 17.6. The minimum atomic E-state index is -0.544. The van der Waals surface area contributed by atoms with Gasteiger partial charge in [-0.05, 0) is 80.9 Å². The van der Waals surface area contributed by atoms with Crippen LogP contribution in [0.15, 0.2) is 60.7 Å². The molecule has 0 heterocycles. The maximum absolute atomic E-state index is 12.3. The summed E-state index contributed by atoms with van der Waals surface area (Å²) in [5.41, 5.74) is 5.51. The van der Waals surface area contributed by atoms with Gasteiger partial charge >= 0.3 is 5.97 Å². The largest absolute Gasteiger partial charge is 0.508 e. The quantitative estimate of drug-likeness (QED) is 0.478. The Bertz CT molecular complexity index is 902. The standard InChI is InChI=1S/C26H30O3/c1-18(25(28)29-26(2,3)4)19-10-12-21(13-11-19)24(20-8-6-5-7-9-20)22-14-16-23(27)17-15-22/h10-17,27H,1,5-9H2,2-4H3. The van der Waals surface area contributed by atoms with Crippen LogP contribution >= 0.6 is 0 Å². The average molecular weight is 391 g/mol. The van der Waals surface area contributed by atoms with Crippen molar-refractivity contribution in [1.82, 2.24) is 0 Å². The molecule has 0 spiro atoms. The van der Waals surface area contributed by atoms with E-state index in [1.165, 1.54) is 30.4 Å². The van der Waals surface area contributed by atoms with Gasteiger partial charge in [-0.3, -0.25) is 0 Å². The second kappa shape index (κ2) is 8.69. The zero-order chi connectivity index (χ0) is 21.0. The molecule has 29 heavy (non-hydrogen) atoms. The Balaban J connectivity index is 1.93. The number of phenolic OH excluding ortho intramolecular Hbond substituents is 1. The van der Waals surface area contributed by atoms with Crippen molar-refractivity contribution in [3.8, 4) is 5.75 Å². The highest BCUT2D eigenvalue weighted by atomic mass is 16.6. The molecule has 3 nitrogen and oxygen atoms in total.